The van der Waals surface area contributed by atoms with Crippen LogP contribution in [-0.2, 0) is 4.74 Å². The van der Waals surface area contributed by atoms with Crippen LogP contribution in [0.5, 0.6) is 0 Å². The number of hydrogen-bond donors (Lipinski definition) is 1. The van der Waals surface area contributed by atoms with Crippen molar-refractivity contribution in [2.45, 2.75) is 57.6 Å². The van der Waals surface area contributed by atoms with Crippen molar-refractivity contribution < 1.29 is 4.74 Å². The van der Waals surface area contributed by atoms with E-state index < -0.39 is 0 Å². The summed E-state index contributed by atoms with van der Waals surface area (Å²) in [5.74, 6) is 1.78. The normalized spacial score (nSPS) is 32.7. The van der Waals surface area contributed by atoms with Gasteiger partial charge in [-0.1, -0.05) is 19.8 Å². The maximum Gasteiger partial charge on any atom is 0.193 e. The van der Waals surface area contributed by atoms with Gasteiger partial charge >= 0.3 is 0 Å². The van der Waals surface area contributed by atoms with Crippen LogP contribution >= 0.6 is 24.0 Å². The number of rotatable bonds is 4. The summed E-state index contributed by atoms with van der Waals surface area (Å²) in [6.07, 6.45) is 8.25. The second-order valence-corrected chi connectivity index (χ2v) is 6.77. The topological polar surface area (TPSA) is 36.9 Å². The van der Waals surface area contributed by atoms with Crippen LogP contribution in [0.1, 0.15) is 45.4 Å². The number of unbranched alkanes of at least 4 members (excludes halogenated alkanes) is 1. The van der Waals surface area contributed by atoms with E-state index in [0.717, 1.165) is 19.1 Å². The monoisotopic (exact) mass is 407 g/mol. The molecular weight excluding hydrogens is 377 g/mol. The third kappa shape index (κ3) is 2.80. The number of aliphatic imine (C=N–C) groups is 1. The Balaban J connectivity index is 0.00000161. The van der Waals surface area contributed by atoms with Gasteiger partial charge in [0.05, 0.1) is 6.10 Å². The van der Waals surface area contributed by atoms with Gasteiger partial charge in [-0.25, -0.2) is 0 Å². The lowest BCUT2D eigenvalue weighted by Gasteiger charge is -2.63. The van der Waals surface area contributed by atoms with Crippen molar-refractivity contribution in [3.63, 3.8) is 0 Å². The molecule has 0 radical (unpaired) electrons. The summed E-state index contributed by atoms with van der Waals surface area (Å²) >= 11 is 0. The van der Waals surface area contributed by atoms with Crippen LogP contribution in [0.15, 0.2) is 4.99 Å². The molecule has 0 aromatic heterocycles. The van der Waals surface area contributed by atoms with Crippen LogP contribution in [0, 0.1) is 11.3 Å². The minimum atomic E-state index is 0. The number of nitrogens with one attached hydrogen (secondary N) is 1. The molecule has 1 saturated heterocycles. The van der Waals surface area contributed by atoms with Gasteiger partial charge in [0.2, 0.25) is 0 Å². The van der Waals surface area contributed by atoms with Crippen molar-refractivity contribution in [3.8, 4) is 0 Å². The lowest BCUT2D eigenvalue weighted by atomic mass is 9.46. The Hall–Kier alpha value is -0.0400. The minimum Gasteiger partial charge on any atom is -0.377 e. The predicted octanol–water partition coefficient (Wildman–Crippen LogP) is 2.87. The lowest BCUT2D eigenvalue weighted by Crippen LogP contribution is -2.72. The lowest BCUT2D eigenvalue weighted by molar-refractivity contribution is -0.171. The molecule has 5 heteroatoms. The molecule has 2 saturated carbocycles. The maximum absolute atomic E-state index is 5.99. The third-order valence-electron chi connectivity index (χ3n) is 5.74. The Morgan fingerprint density at radius 2 is 2.19 bits per heavy atom. The highest BCUT2D eigenvalue weighted by Gasteiger charge is 2.66. The zero-order valence-corrected chi connectivity index (χ0v) is 15.9. The van der Waals surface area contributed by atoms with E-state index in [0.29, 0.717) is 23.5 Å². The largest absolute Gasteiger partial charge is 0.377 e. The molecule has 0 amide bonds. The molecule has 0 aromatic carbocycles. The third-order valence-corrected chi connectivity index (χ3v) is 5.74. The van der Waals surface area contributed by atoms with Crippen molar-refractivity contribution in [1.29, 1.82) is 0 Å². The number of nitrogens with zero attached hydrogens (tertiary/aromatic N) is 2. The van der Waals surface area contributed by atoms with Crippen LogP contribution in [0.4, 0.5) is 0 Å². The van der Waals surface area contributed by atoms with E-state index in [-0.39, 0.29) is 24.0 Å². The zero-order chi connectivity index (χ0) is 14.2. The first-order chi connectivity index (χ1) is 9.73. The van der Waals surface area contributed by atoms with Gasteiger partial charge in [-0.15, -0.1) is 24.0 Å². The number of fused-ring (bicyclic) bond motifs is 2. The van der Waals surface area contributed by atoms with Crippen LogP contribution in [0.25, 0.3) is 0 Å². The fraction of sp³-hybridized carbons (Fsp3) is 0.938. The van der Waals surface area contributed by atoms with Crippen LogP contribution in [-0.4, -0.2) is 50.3 Å². The summed E-state index contributed by atoms with van der Waals surface area (Å²) in [6, 6.07) is 0.589. The van der Waals surface area contributed by atoms with Gasteiger partial charge in [-0.05, 0) is 25.7 Å². The van der Waals surface area contributed by atoms with E-state index >= 15 is 0 Å². The van der Waals surface area contributed by atoms with Gasteiger partial charge in [0.25, 0.3) is 0 Å². The molecule has 21 heavy (non-hydrogen) atoms. The standard InChI is InChI=1S/C16H29N3O.HI/c1-4-5-10-19(3)15(17-2)18-13-12-7-11-20-14(12)16(13)8-6-9-16;/h12-14H,4-11H2,1-3H3,(H,17,18);1H. The van der Waals surface area contributed by atoms with Crippen LogP contribution in [0.2, 0.25) is 0 Å². The Morgan fingerprint density at radius 3 is 2.76 bits per heavy atom. The highest BCUT2D eigenvalue weighted by atomic mass is 127. The molecule has 0 bridgehead atoms. The van der Waals surface area contributed by atoms with Crippen molar-refractivity contribution in [3.05, 3.63) is 0 Å². The molecule has 122 valence electrons. The van der Waals surface area contributed by atoms with Gasteiger partial charge in [-0.3, -0.25) is 4.99 Å². The summed E-state index contributed by atoms with van der Waals surface area (Å²) in [5, 5.41) is 3.77. The molecule has 3 rings (SSSR count). The quantitative estimate of drug-likeness (QED) is 0.443. The summed E-state index contributed by atoms with van der Waals surface area (Å²) in [7, 11) is 4.05. The molecule has 4 nitrogen and oxygen atoms in total. The molecule has 1 spiro atoms. The molecule has 2 aliphatic carbocycles. The number of halogens is 1. The minimum absolute atomic E-state index is 0. The molecule has 1 N–H and O–H groups in total. The van der Waals surface area contributed by atoms with E-state index in [4.69, 9.17) is 4.74 Å². The first-order valence-corrected chi connectivity index (χ1v) is 8.29. The van der Waals surface area contributed by atoms with E-state index in [2.05, 4.69) is 29.2 Å². The first kappa shape index (κ1) is 17.3. The highest BCUT2D eigenvalue weighted by Crippen LogP contribution is 2.62. The fourth-order valence-electron chi connectivity index (χ4n) is 4.44. The number of guanidine groups is 1. The summed E-state index contributed by atoms with van der Waals surface area (Å²) < 4.78 is 5.99. The first-order valence-electron chi connectivity index (χ1n) is 8.29. The molecule has 3 aliphatic rings. The zero-order valence-electron chi connectivity index (χ0n) is 13.6. The van der Waals surface area contributed by atoms with E-state index in [1.807, 2.05) is 7.05 Å². The SMILES string of the molecule is CCCCN(C)C(=NC)NC1C2CCOC2C12CCC2.I. The molecular formula is C16H30IN3O. The molecule has 3 fully saturated rings. The molecule has 1 heterocycles. The summed E-state index contributed by atoms with van der Waals surface area (Å²) in [6.45, 7) is 4.28. The summed E-state index contributed by atoms with van der Waals surface area (Å²) in [5.41, 5.74) is 0.433. The second kappa shape index (κ2) is 7.02. The Bertz CT molecular complexity index is 384. The van der Waals surface area contributed by atoms with Gasteiger partial charge in [0.15, 0.2) is 5.96 Å². The fourth-order valence-corrected chi connectivity index (χ4v) is 4.44. The Labute approximate surface area is 146 Å². The van der Waals surface area contributed by atoms with Gasteiger partial charge in [0.1, 0.15) is 0 Å². The van der Waals surface area contributed by atoms with Crippen molar-refractivity contribution in [2.75, 3.05) is 27.2 Å². The average molecular weight is 407 g/mol. The van der Waals surface area contributed by atoms with Gasteiger partial charge in [0, 0.05) is 44.6 Å². The second-order valence-electron chi connectivity index (χ2n) is 6.77. The maximum atomic E-state index is 5.99. The van der Waals surface area contributed by atoms with E-state index in [1.165, 1.54) is 38.5 Å². The molecule has 3 atom stereocenters. The summed E-state index contributed by atoms with van der Waals surface area (Å²) in [4.78, 5) is 6.77. The Kier molecular flexibility index (Phi) is 5.79. The van der Waals surface area contributed by atoms with Crippen molar-refractivity contribution in [1.82, 2.24) is 10.2 Å². The Morgan fingerprint density at radius 1 is 1.43 bits per heavy atom. The number of ether oxygens (including phenoxy) is 1. The van der Waals surface area contributed by atoms with Gasteiger partial charge in [-0.2, -0.15) is 0 Å². The molecule has 3 unspecified atom stereocenters. The van der Waals surface area contributed by atoms with Gasteiger partial charge < -0.3 is 15.0 Å². The predicted molar refractivity (Wildman–Crippen MR) is 97.4 cm³/mol. The average Bonchev–Trinajstić information content (AvgIpc) is 2.80. The van der Waals surface area contributed by atoms with Crippen molar-refractivity contribution in [2.24, 2.45) is 16.3 Å². The molecule has 1 aliphatic heterocycles. The van der Waals surface area contributed by atoms with Crippen molar-refractivity contribution >= 4 is 29.9 Å². The number of hydrogen-bond acceptors (Lipinski definition) is 2. The highest BCUT2D eigenvalue weighted by molar-refractivity contribution is 14.0. The van der Waals surface area contributed by atoms with Crippen LogP contribution < -0.4 is 5.32 Å². The smallest absolute Gasteiger partial charge is 0.193 e. The van der Waals surface area contributed by atoms with E-state index in [9.17, 15) is 0 Å². The van der Waals surface area contributed by atoms with Crippen LogP contribution in [0.3, 0.4) is 0 Å². The molecule has 0 aromatic rings. The van der Waals surface area contributed by atoms with E-state index in [1.54, 1.807) is 0 Å².